The molecule has 0 aromatic heterocycles. The standard InChI is InChI=1S/C4H10O.C3H4O2/c1-3-4(2)5;1-2-3(4)5/h4-5H,3H2,1-2H3;2H,1H2,(H,4,5). The molecule has 0 saturated heterocycles. The molecule has 0 fully saturated rings. The van der Waals surface area contributed by atoms with E-state index in [1.54, 1.807) is 6.92 Å². The summed E-state index contributed by atoms with van der Waals surface area (Å²) in [4.78, 5) is 9.25. The Labute approximate surface area is 61.0 Å². The van der Waals surface area contributed by atoms with Crippen LogP contribution in [0.15, 0.2) is 12.7 Å². The summed E-state index contributed by atoms with van der Waals surface area (Å²) < 4.78 is 0. The maximum atomic E-state index is 9.25. The predicted octanol–water partition coefficient (Wildman–Crippen LogP) is 1.03. The average molecular weight is 146 g/mol. The van der Waals surface area contributed by atoms with Gasteiger partial charge in [0.05, 0.1) is 6.10 Å². The van der Waals surface area contributed by atoms with Gasteiger partial charge in [-0.15, -0.1) is 0 Å². The van der Waals surface area contributed by atoms with Crippen LogP contribution in [0.5, 0.6) is 0 Å². The van der Waals surface area contributed by atoms with Crippen LogP contribution in [0.25, 0.3) is 0 Å². The molecule has 60 valence electrons. The van der Waals surface area contributed by atoms with Crippen LogP contribution in [-0.2, 0) is 4.79 Å². The highest BCUT2D eigenvalue weighted by Gasteiger charge is 1.81. The third kappa shape index (κ3) is 27.2. The molecule has 0 bridgehead atoms. The monoisotopic (exact) mass is 146 g/mol. The Hall–Kier alpha value is -0.830. The first-order valence-corrected chi connectivity index (χ1v) is 3.08. The predicted molar refractivity (Wildman–Crippen MR) is 39.8 cm³/mol. The van der Waals surface area contributed by atoms with Crippen molar-refractivity contribution in [2.24, 2.45) is 0 Å². The fourth-order valence-corrected chi connectivity index (χ4v) is 0. The van der Waals surface area contributed by atoms with E-state index in [-0.39, 0.29) is 6.10 Å². The van der Waals surface area contributed by atoms with Crippen LogP contribution in [0, 0.1) is 0 Å². The molecule has 0 saturated carbocycles. The van der Waals surface area contributed by atoms with Gasteiger partial charge < -0.3 is 10.2 Å². The lowest BCUT2D eigenvalue weighted by Gasteiger charge is -1.90. The Morgan fingerprint density at radius 2 is 2.00 bits per heavy atom. The number of aliphatic carboxylic acids is 1. The number of aliphatic hydroxyl groups excluding tert-OH is 1. The molecule has 10 heavy (non-hydrogen) atoms. The van der Waals surface area contributed by atoms with Gasteiger partial charge in [0.15, 0.2) is 0 Å². The van der Waals surface area contributed by atoms with E-state index in [2.05, 4.69) is 6.58 Å². The molecule has 3 nitrogen and oxygen atoms in total. The molecule has 1 atom stereocenters. The second-order valence-electron chi connectivity index (χ2n) is 1.80. The van der Waals surface area contributed by atoms with E-state index in [0.717, 1.165) is 12.5 Å². The van der Waals surface area contributed by atoms with Gasteiger partial charge in [0.1, 0.15) is 0 Å². The van der Waals surface area contributed by atoms with E-state index in [9.17, 15) is 4.79 Å². The van der Waals surface area contributed by atoms with Crippen molar-refractivity contribution in [2.75, 3.05) is 0 Å². The van der Waals surface area contributed by atoms with Crippen molar-refractivity contribution in [3.8, 4) is 0 Å². The van der Waals surface area contributed by atoms with Gasteiger partial charge in [0.2, 0.25) is 0 Å². The Morgan fingerprint density at radius 3 is 2.00 bits per heavy atom. The lowest BCUT2D eigenvalue weighted by Crippen LogP contribution is -1.93. The first-order chi connectivity index (χ1) is 4.54. The van der Waals surface area contributed by atoms with Crippen LogP contribution in [0.1, 0.15) is 20.3 Å². The first-order valence-electron chi connectivity index (χ1n) is 3.08. The summed E-state index contributed by atoms with van der Waals surface area (Å²) in [6, 6.07) is 0. The highest BCUT2D eigenvalue weighted by Crippen LogP contribution is 1.81. The molecule has 0 aromatic rings. The SMILES string of the molecule is C=CC(=O)O.CCC(C)O. The van der Waals surface area contributed by atoms with Crippen LogP contribution in [0.4, 0.5) is 0 Å². The lowest BCUT2D eigenvalue weighted by atomic mass is 10.3. The Morgan fingerprint density at radius 1 is 1.80 bits per heavy atom. The second-order valence-corrected chi connectivity index (χ2v) is 1.80. The van der Waals surface area contributed by atoms with Crippen molar-refractivity contribution >= 4 is 5.97 Å². The lowest BCUT2D eigenvalue weighted by molar-refractivity contribution is -0.131. The Kier molecular flexibility index (Phi) is 9.73. The summed E-state index contributed by atoms with van der Waals surface area (Å²) in [5.41, 5.74) is 0. The van der Waals surface area contributed by atoms with Crippen molar-refractivity contribution < 1.29 is 15.0 Å². The third-order valence-corrected chi connectivity index (χ3v) is 0.765. The van der Waals surface area contributed by atoms with E-state index in [1.165, 1.54) is 0 Å². The van der Waals surface area contributed by atoms with Crippen molar-refractivity contribution in [2.45, 2.75) is 26.4 Å². The summed E-state index contributed by atoms with van der Waals surface area (Å²) in [6.45, 7) is 6.69. The van der Waals surface area contributed by atoms with E-state index in [0.29, 0.717) is 0 Å². The van der Waals surface area contributed by atoms with E-state index in [1.807, 2.05) is 6.92 Å². The van der Waals surface area contributed by atoms with Gasteiger partial charge in [0.25, 0.3) is 0 Å². The fourth-order valence-electron chi connectivity index (χ4n) is 0. The number of rotatable bonds is 2. The molecule has 0 aliphatic rings. The topological polar surface area (TPSA) is 57.5 Å². The summed E-state index contributed by atoms with van der Waals surface area (Å²) in [6.07, 6.45) is 1.58. The van der Waals surface area contributed by atoms with E-state index < -0.39 is 5.97 Å². The smallest absolute Gasteiger partial charge is 0.327 e. The maximum absolute atomic E-state index is 9.25. The Bertz CT molecular complexity index is 97.0. The number of carbonyl (C=O) groups is 1. The number of carboxylic acid groups (broad SMARTS) is 1. The minimum atomic E-state index is -0.981. The highest BCUT2D eigenvalue weighted by molar-refractivity contribution is 5.78. The van der Waals surface area contributed by atoms with E-state index >= 15 is 0 Å². The first kappa shape index (κ1) is 11.9. The normalized spacial score (nSPS) is 10.7. The Balaban J connectivity index is 0. The molecule has 0 aliphatic carbocycles. The average Bonchev–Trinajstić information content (AvgIpc) is 1.89. The van der Waals surface area contributed by atoms with Gasteiger partial charge >= 0.3 is 5.97 Å². The van der Waals surface area contributed by atoms with E-state index in [4.69, 9.17) is 10.2 Å². The van der Waals surface area contributed by atoms with Crippen molar-refractivity contribution in [1.82, 2.24) is 0 Å². The number of carboxylic acids is 1. The van der Waals surface area contributed by atoms with Crippen LogP contribution >= 0.6 is 0 Å². The van der Waals surface area contributed by atoms with Gasteiger partial charge in [-0.05, 0) is 13.3 Å². The zero-order chi connectivity index (χ0) is 8.57. The molecule has 0 heterocycles. The molecule has 0 amide bonds. The molecule has 1 unspecified atom stereocenters. The maximum Gasteiger partial charge on any atom is 0.327 e. The zero-order valence-electron chi connectivity index (χ0n) is 6.37. The molecule has 0 rings (SSSR count). The number of hydrogen-bond donors (Lipinski definition) is 2. The van der Waals surface area contributed by atoms with Crippen molar-refractivity contribution in [1.29, 1.82) is 0 Å². The van der Waals surface area contributed by atoms with Gasteiger partial charge in [-0.2, -0.15) is 0 Å². The summed E-state index contributed by atoms with van der Waals surface area (Å²) in [5.74, 6) is -0.981. The van der Waals surface area contributed by atoms with Gasteiger partial charge in [0, 0.05) is 6.08 Å². The summed E-state index contributed by atoms with van der Waals surface area (Å²) in [7, 11) is 0. The van der Waals surface area contributed by atoms with Gasteiger partial charge in [-0.25, -0.2) is 4.79 Å². The molecular weight excluding hydrogens is 132 g/mol. The fraction of sp³-hybridized carbons (Fsp3) is 0.571. The number of aliphatic hydroxyl groups is 1. The second kappa shape index (κ2) is 8.17. The molecule has 0 aliphatic heterocycles. The van der Waals surface area contributed by atoms with Crippen molar-refractivity contribution in [3.63, 3.8) is 0 Å². The quantitative estimate of drug-likeness (QED) is 0.572. The molecule has 3 heteroatoms. The zero-order valence-corrected chi connectivity index (χ0v) is 6.37. The van der Waals surface area contributed by atoms with Crippen LogP contribution in [-0.4, -0.2) is 22.3 Å². The van der Waals surface area contributed by atoms with Crippen LogP contribution in [0.2, 0.25) is 0 Å². The molecule has 0 aromatic carbocycles. The summed E-state index contributed by atoms with van der Waals surface area (Å²) >= 11 is 0. The van der Waals surface area contributed by atoms with Gasteiger partial charge in [-0.3, -0.25) is 0 Å². The minimum Gasteiger partial charge on any atom is -0.478 e. The van der Waals surface area contributed by atoms with Gasteiger partial charge in [-0.1, -0.05) is 13.5 Å². The largest absolute Gasteiger partial charge is 0.478 e. The molecule has 2 N–H and O–H groups in total. The van der Waals surface area contributed by atoms with Crippen molar-refractivity contribution in [3.05, 3.63) is 12.7 Å². The molecular formula is C7H14O3. The third-order valence-electron chi connectivity index (χ3n) is 0.765. The minimum absolute atomic E-state index is 0.116. The van der Waals surface area contributed by atoms with Crippen LogP contribution < -0.4 is 0 Å². The molecule has 0 spiro atoms. The molecule has 0 radical (unpaired) electrons. The number of hydrogen-bond acceptors (Lipinski definition) is 2. The summed E-state index contributed by atoms with van der Waals surface area (Å²) in [5, 5.41) is 16.0. The van der Waals surface area contributed by atoms with Crippen LogP contribution in [0.3, 0.4) is 0 Å². The highest BCUT2D eigenvalue weighted by atomic mass is 16.4.